The van der Waals surface area contributed by atoms with Gasteiger partial charge in [-0.3, -0.25) is 0 Å². The van der Waals surface area contributed by atoms with Gasteiger partial charge >= 0.3 is 5.97 Å². The summed E-state index contributed by atoms with van der Waals surface area (Å²) < 4.78 is 0. The molecule has 0 saturated heterocycles. The van der Waals surface area contributed by atoms with Crippen molar-refractivity contribution in [3.63, 3.8) is 0 Å². The zero-order chi connectivity index (χ0) is 12.0. The first-order valence-electron chi connectivity index (χ1n) is 4.47. The molecule has 0 aliphatic carbocycles. The Kier molecular flexibility index (Phi) is 3.88. The van der Waals surface area contributed by atoms with Crippen molar-refractivity contribution in [2.24, 2.45) is 0 Å². The van der Waals surface area contributed by atoms with Crippen molar-refractivity contribution in [2.75, 3.05) is 5.32 Å². The summed E-state index contributed by atoms with van der Waals surface area (Å²) in [4.78, 5) is 14.6. The van der Waals surface area contributed by atoms with E-state index in [1.54, 1.807) is 12.1 Å². The molecule has 5 nitrogen and oxygen atoms in total. The van der Waals surface area contributed by atoms with Crippen molar-refractivity contribution in [1.29, 1.82) is 5.26 Å². The minimum Gasteiger partial charge on any atom is -0.480 e. The molecule has 0 aliphatic rings. The summed E-state index contributed by atoms with van der Waals surface area (Å²) in [5, 5.41) is 20.3. The Hall–Kier alpha value is -2.53. The highest BCUT2D eigenvalue weighted by molar-refractivity contribution is 5.78. The van der Waals surface area contributed by atoms with E-state index in [0.29, 0.717) is 5.69 Å². The zero-order valence-electron chi connectivity index (χ0n) is 8.34. The molecule has 0 bridgehead atoms. The highest BCUT2D eigenvalue weighted by Gasteiger charge is 2.17. The van der Waals surface area contributed by atoms with Crippen molar-refractivity contribution in [1.82, 2.24) is 4.98 Å². The van der Waals surface area contributed by atoms with E-state index in [-0.39, 0.29) is 12.1 Å². The number of anilines is 1. The number of carbonyl (C=O) groups is 1. The molecule has 0 fully saturated rings. The summed E-state index contributed by atoms with van der Waals surface area (Å²) in [6, 6.07) is 4.14. The molecule has 5 heteroatoms. The quantitative estimate of drug-likeness (QED) is 0.727. The van der Waals surface area contributed by atoms with Gasteiger partial charge in [-0.15, -0.1) is 12.3 Å². The molecule has 0 radical (unpaired) electrons. The monoisotopic (exact) mass is 215 g/mol. The molecule has 0 spiro atoms. The van der Waals surface area contributed by atoms with Gasteiger partial charge in [0.1, 0.15) is 12.1 Å². The highest BCUT2D eigenvalue weighted by Crippen LogP contribution is 2.13. The van der Waals surface area contributed by atoms with Crippen molar-refractivity contribution < 1.29 is 9.90 Å². The fourth-order valence-corrected chi connectivity index (χ4v) is 1.12. The standard InChI is InChI=1S/C11H9N3O2/c1-2-4-9(11(15)16)14-8-5-3-6-13-10(8)7-12/h1,3,5-6,9,14H,4H2,(H,15,16). The van der Waals surface area contributed by atoms with Crippen molar-refractivity contribution >= 4 is 11.7 Å². The van der Waals surface area contributed by atoms with Gasteiger partial charge in [-0.05, 0) is 12.1 Å². The first-order chi connectivity index (χ1) is 7.69. The summed E-state index contributed by atoms with van der Waals surface area (Å²) in [6.45, 7) is 0. The first kappa shape index (κ1) is 11.5. The van der Waals surface area contributed by atoms with Crippen LogP contribution in [0.25, 0.3) is 0 Å². The molecule has 1 aromatic rings. The summed E-state index contributed by atoms with van der Waals surface area (Å²) in [5.74, 6) is 1.20. The maximum Gasteiger partial charge on any atom is 0.327 e. The molecular weight excluding hydrogens is 206 g/mol. The molecule has 1 unspecified atom stereocenters. The lowest BCUT2D eigenvalue weighted by molar-refractivity contribution is -0.137. The van der Waals surface area contributed by atoms with Gasteiger partial charge in [-0.2, -0.15) is 5.26 Å². The van der Waals surface area contributed by atoms with Crippen LogP contribution in [0.1, 0.15) is 12.1 Å². The minimum atomic E-state index is -1.06. The Morgan fingerprint density at radius 1 is 1.75 bits per heavy atom. The van der Waals surface area contributed by atoms with Gasteiger partial charge in [0.25, 0.3) is 0 Å². The van der Waals surface area contributed by atoms with Crippen LogP contribution < -0.4 is 5.32 Å². The number of aliphatic carboxylic acids is 1. The molecule has 1 heterocycles. The molecule has 0 amide bonds. The fraction of sp³-hybridized carbons (Fsp3) is 0.182. The minimum absolute atomic E-state index is 0.0368. The number of rotatable bonds is 4. The fourth-order valence-electron chi connectivity index (χ4n) is 1.12. The van der Waals surface area contributed by atoms with E-state index in [2.05, 4.69) is 16.2 Å². The van der Waals surface area contributed by atoms with Crippen molar-refractivity contribution in [3.8, 4) is 18.4 Å². The summed E-state index contributed by atoms with van der Waals surface area (Å²) >= 11 is 0. The molecule has 1 aromatic heterocycles. The maximum absolute atomic E-state index is 10.8. The van der Waals surface area contributed by atoms with Gasteiger partial charge in [0, 0.05) is 12.6 Å². The number of nitrogens with one attached hydrogen (secondary N) is 1. The lowest BCUT2D eigenvalue weighted by Crippen LogP contribution is -2.29. The molecule has 0 aromatic carbocycles. The van der Waals surface area contributed by atoms with Crippen LogP contribution in [0.4, 0.5) is 5.69 Å². The predicted molar refractivity (Wildman–Crippen MR) is 57.4 cm³/mol. The Labute approximate surface area is 92.7 Å². The molecule has 0 aliphatic heterocycles. The topological polar surface area (TPSA) is 86.0 Å². The number of carboxylic acid groups (broad SMARTS) is 1. The number of pyridine rings is 1. The Balaban J connectivity index is 2.90. The SMILES string of the molecule is C#CCC(Nc1cccnc1C#N)C(=O)O. The average molecular weight is 215 g/mol. The van der Waals surface area contributed by atoms with Crippen LogP contribution >= 0.6 is 0 Å². The van der Waals surface area contributed by atoms with Gasteiger partial charge in [0.15, 0.2) is 5.69 Å². The van der Waals surface area contributed by atoms with E-state index in [4.69, 9.17) is 16.8 Å². The molecule has 80 valence electrons. The first-order valence-corrected chi connectivity index (χ1v) is 4.47. The third-order valence-corrected chi connectivity index (χ3v) is 1.86. The lowest BCUT2D eigenvalue weighted by atomic mass is 10.2. The van der Waals surface area contributed by atoms with Gasteiger partial charge in [0.05, 0.1) is 5.69 Å². The van der Waals surface area contributed by atoms with Gasteiger partial charge in [0.2, 0.25) is 0 Å². The lowest BCUT2D eigenvalue weighted by Gasteiger charge is -2.13. The number of nitrogens with zero attached hydrogens (tertiary/aromatic N) is 2. The van der Waals surface area contributed by atoms with Crippen LogP contribution in [0.15, 0.2) is 18.3 Å². The van der Waals surface area contributed by atoms with E-state index < -0.39 is 12.0 Å². The number of nitriles is 1. The van der Waals surface area contributed by atoms with E-state index in [0.717, 1.165) is 0 Å². The van der Waals surface area contributed by atoms with Crippen LogP contribution in [0.5, 0.6) is 0 Å². The second-order valence-electron chi connectivity index (χ2n) is 2.95. The second-order valence-corrected chi connectivity index (χ2v) is 2.95. The third kappa shape index (κ3) is 2.73. The molecular formula is C11H9N3O2. The highest BCUT2D eigenvalue weighted by atomic mass is 16.4. The van der Waals surface area contributed by atoms with Crippen LogP contribution in [0.3, 0.4) is 0 Å². The summed E-state index contributed by atoms with van der Waals surface area (Å²) in [5.41, 5.74) is 0.512. The summed E-state index contributed by atoms with van der Waals surface area (Å²) in [7, 11) is 0. The van der Waals surface area contributed by atoms with Gasteiger partial charge < -0.3 is 10.4 Å². The van der Waals surface area contributed by atoms with Crippen molar-refractivity contribution in [3.05, 3.63) is 24.0 Å². The van der Waals surface area contributed by atoms with Crippen LogP contribution in [0.2, 0.25) is 0 Å². The van der Waals surface area contributed by atoms with Crippen LogP contribution in [-0.4, -0.2) is 22.1 Å². The Bertz CT molecular complexity index is 471. The Morgan fingerprint density at radius 3 is 3.06 bits per heavy atom. The number of hydrogen-bond acceptors (Lipinski definition) is 4. The third-order valence-electron chi connectivity index (χ3n) is 1.86. The van der Waals surface area contributed by atoms with E-state index in [9.17, 15) is 4.79 Å². The molecule has 1 atom stereocenters. The van der Waals surface area contributed by atoms with Gasteiger partial charge in [-0.1, -0.05) is 0 Å². The summed E-state index contributed by atoms with van der Waals surface area (Å²) in [6.07, 6.45) is 6.55. The molecule has 2 N–H and O–H groups in total. The largest absolute Gasteiger partial charge is 0.480 e. The number of hydrogen-bond donors (Lipinski definition) is 2. The Morgan fingerprint density at radius 2 is 2.50 bits per heavy atom. The van der Waals surface area contributed by atoms with Crippen LogP contribution in [-0.2, 0) is 4.79 Å². The normalized spacial score (nSPS) is 10.9. The average Bonchev–Trinajstić information content (AvgIpc) is 2.29. The molecule has 0 saturated carbocycles. The van der Waals surface area contributed by atoms with E-state index in [1.807, 2.05) is 6.07 Å². The van der Waals surface area contributed by atoms with E-state index >= 15 is 0 Å². The number of terminal acetylenes is 1. The number of aromatic nitrogens is 1. The predicted octanol–water partition coefficient (Wildman–Crippen LogP) is 0.842. The van der Waals surface area contributed by atoms with Crippen LogP contribution in [0, 0.1) is 23.7 Å². The zero-order valence-corrected chi connectivity index (χ0v) is 8.34. The second kappa shape index (κ2) is 5.38. The van der Waals surface area contributed by atoms with Crippen molar-refractivity contribution in [2.45, 2.75) is 12.5 Å². The molecule has 16 heavy (non-hydrogen) atoms. The van der Waals surface area contributed by atoms with Gasteiger partial charge in [-0.25, -0.2) is 9.78 Å². The smallest absolute Gasteiger partial charge is 0.327 e. The number of carboxylic acids is 1. The molecule has 1 rings (SSSR count). The maximum atomic E-state index is 10.8. The van der Waals surface area contributed by atoms with E-state index in [1.165, 1.54) is 6.20 Å².